The van der Waals surface area contributed by atoms with Crippen molar-refractivity contribution in [1.82, 2.24) is 19.6 Å². The third kappa shape index (κ3) is 2.71. The van der Waals surface area contributed by atoms with E-state index in [1.807, 2.05) is 18.9 Å². The number of cyclic esters (lactones) is 1. The number of ether oxygens (including phenoxy) is 1. The third-order valence-corrected chi connectivity index (χ3v) is 4.08. The summed E-state index contributed by atoms with van der Waals surface area (Å²) in [6.07, 6.45) is 1.41. The minimum absolute atomic E-state index is 0.0650. The molecule has 2 saturated heterocycles. The Labute approximate surface area is 122 Å². The van der Waals surface area contributed by atoms with Gasteiger partial charge >= 0.3 is 6.09 Å². The van der Waals surface area contributed by atoms with E-state index in [2.05, 4.69) is 10.4 Å². The fraction of sp³-hybridized carbons (Fsp3) is 0.615. The fourth-order valence-corrected chi connectivity index (χ4v) is 2.71. The molecule has 0 aromatic carbocycles. The Morgan fingerprint density at radius 1 is 1.52 bits per heavy atom. The second kappa shape index (κ2) is 5.36. The number of nitrogens with one attached hydrogen (secondary N) is 1. The number of fused-ring (bicyclic) bond motifs is 1. The SMILES string of the molecule is Cc1c(NC(=O)CN2CCN3C(=O)OCC3C2)cnn1C. The molecule has 1 unspecified atom stereocenters. The second-order valence-corrected chi connectivity index (χ2v) is 5.47. The van der Waals surface area contributed by atoms with Crippen molar-refractivity contribution < 1.29 is 14.3 Å². The van der Waals surface area contributed by atoms with Gasteiger partial charge in [0, 0.05) is 26.7 Å². The number of aryl methyl sites for hydroxylation is 1. The van der Waals surface area contributed by atoms with E-state index >= 15 is 0 Å². The van der Waals surface area contributed by atoms with Crippen LogP contribution in [-0.2, 0) is 16.6 Å². The lowest BCUT2D eigenvalue weighted by atomic mass is 10.2. The van der Waals surface area contributed by atoms with Crippen LogP contribution < -0.4 is 5.32 Å². The molecule has 2 aliphatic rings. The Bertz CT molecular complexity index is 570. The zero-order valence-corrected chi connectivity index (χ0v) is 12.2. The monoisotopic (exact) mass is 293 g/mol. The molecule has 0 saturated carbocycles. The summed E-state index contributed by atoms with van der Waals surface area (Å²) in [6, 6.07) is 0.0687. The number of amides is 2. The van der Waals surface area contributed by atoms with Gasteiger partial charge in [-0.25, -0.2) is 4.79 Å². The number of rotatable bonds is 3. The first-order chi connectivity index (χ1) is 10.0. The number of carbonyl (C=O) groups is 2. The highest BCUT2D eigenvalue weighted by Crippen LogP contribution is 2.18. The van der Waals surface area contributed by atoms with Crippen molar-refractivity contribution in [1.29, 1.82) is 0 Å². The standard InChI is InChI=1S/C13H19N5O3/c1-9-11(5-14-16(9)2)15-12(19)7-17-3-4-18-10(6-17)8-21-13(18)20/h5,10H,3-4,6-8H2,1-2H3,(H,15,19). The van der Waals surface area contributed by atoms with Crippen molar-refractivity contribution in [3.05, 3.63) is 11.9 Å². The van der Waals surface area contributed by atoms with E-state index < -0.39 is 0 Å². The molecule has 0 aliphatic carbocycles. The Morgan fingerprint density at radius 2 is 2.33 bits per heavy atom. The highest BCUT2D eigenvalue weighted by molar-refractivity contribution is 5.92. The average Bonchev–Trinajstić information content (AvgIpc) is 2.96. The quantitative estimate of drug-likeness (QED) is 0.835. The van der Waals surface area contributed by atoms with Gasteiger partial charge in [-0.3, -0.25) is 19.3 Å². The average molecular weight is 293 g/mol. The van der Waals surface area contributed by atoms with Gasteiger partial charge in [0.2, 0.25) is 5.91 Å². The molecule has 2 fully saturated rings. The molecule has 0 radical (unpaired) electrons. The van der Waals surface area contributed by atoms with Crippen molar-refractivity contribution in [2.24, 2.45) is 7.05 Å². The highest BCUT2D eigenvalue weighted by atomic mass is 16.6. The molecule has 3 rings (SSSR count). The topological polar surface area (TPSA) is 79.7 Å². The number of aromatic nitrogens is 2. The molecule has 1 aromatic heterocycles. The van der Waals surface area contributed by atoms with Crippen LogP contribution in [0.5, 0.6) is 0 Å². The molecule has 8 nitrogen and oxygen atoms in total. The highest BCUT2D eigenvalue weighted by Gasteiger charge is 2.37. The fourth-order valence-electron chi connectivity index (χ4n) is 2.71. The van der Waals surface area contributed by atoms with Crippen LogP contribution in [0.2, 0.25) is 0 Å². The smallest absolute Gasteiger partial charge is 0.410 e. The number of hydrogen-bond donors (Lipinski definition) is 1. The molecule has 1 atom stereocenters. The van der Waals surface area contributed by atoms with E-state index in [-0.39, 0.29) is 18.0 Å². The number of nitrogens with zero attached hydrogens (tertiary/aromatic N) is 4. The van der Waals surface area contributed by atoms with E-state index in [4.69, 9.17) is 4.74 Å². The van der Waals surface area contributed by atoms with Gasteiger partial charge in [0.1, 0.15) is 6.61 Å². The normalized spacial score (nSPS) is 22.1. The van der Waals surface area contributed by atoms with Crippen LogP contribution in [0.15, 0.2) is 6.20 Å². The van der Waals surface area contributed by atoms with Crippen LogP contribution >= 0.6 is 0 Å². The molecule has 3 heterocycles. The van der Waals surface area contributed by atoms with E-state index in [1.54, 1.807) is 15.8 Å². The van der Waals surface area contributed by atoms with Crippen molar-refractivity contribution in [2.45, 2.75) is 13.0 Å². The molecule has 0 bridgehead atoms. The van der Waals surface area contributed by atoms with E-state index in [1.165, 1.54) is 0 Å². The predicted molar refractivity (Wildman–Crippen MR) is 74.9 cm³/mol. The zero-order valence-electron chi connectivity index (χ0n) is 12.2. The first kappa shape index (κ1) is 13.9. The molecule has 2 aliphatic heterocycles. The van der Waals surface area contributed by atoms with Crippen molar-refractivity contribution in [2.75, 3.05) is 38.1 Å². The molecule has 2 amide bonds. The van der Waals surface area contributed by atoms with Gasteiger partial charge in [-0.05, 0) is 6.92 Å². The molecular weight excluding hydrogens is 274 g/mol. The van der Waals surface area contributed by atoms with Crippen LogP contribution in [0.3, 0.4) is 0 Å². The number of piperazine rings is 1. The lowest BCUT2D eigenvalue weighted by Crippen LogP contribution is -2.53. The summed E-state index contributed by atoms with van der Waals surface area (Å²) in [7, 11) is 1.83. The molecule has 1 aromatic rings. The number of anilines is 1. The van der Waals surface area contributed by atoms with Gasteiger partial charge in [-0.15, -0.1) is 0 Å². The molecule has 21 heavy (non-hydrogen) atoms. The first-order valence-corrected chi connectivity index (χ1v) is 6.99. The maximum absolute atomic E-state index is 12.1. The van der Waals surface area contributed by atoms with Crippen molar-refractivity contribution in [3.8, 4) is 0 Å². The van der Waals surface area contributed by atoms with E-state index in [0.717, 1.165) is 11.4 Å². The summed E-state index contributed by atoms with van der Waals surface area (Å²) in [6.45, 7) is 4.60. The summed E-state index contributed by atoms with van der Waals surface area (Å²) >= 11 is 0. The van der Waals surface area contributed by atoms with Crippen LogP contribution in [-0.4, -0.2) is 70.4 Å². The van der Waals surface area contributed by atoms with Gasteiger partial charge in [-0.1, -0.05) is 0 Å². The lowest BCUT2D eigenvalue weighted by Gasteiger charge is -2.34. The minimum atomic E-state index is -0.241. The van der Waals surface area contributed by atoms with Crippen molar-refractivity contribution in [3.63, 3.8) is 0 Å². The summed E-state index contributed by atoms with van der Waals surface area (Å²) in [5.41, 5.74) is 1.66. The summed E-state index contributed by atoms with van der Waals surface area (Å²) in [5.74, 6) is -0.0650. The Balaban J connectivity index is 1.54. The molecule has 8 heteroatoms. The largest absolute Gasteiger partial charge is 0.447 e. The molecule has 114 valence electrons. The summed E-state index contributed by atoms with van der Waals surface area (Å²) in [4.78, 5) is 27.3. The van der Waals surface area contributed by atoms with Gasteiger partial charge in [0.25, 0.3) is 0 Å². The Kier molecular flexibility index (Phi) is 3.54. The molecular formula is C13H19N5O3. The van der Waals surface area contributed by atoms with Crippen LogP contribution in [0.25, 0.3) is 0 Å². The third-order valence-electron chi connectivity index (χ3n) is 4.08. The maximum atomic E-state index is 12.1. The number of hydrogen-bond acceptors (Lipinski definition) is 5. The van der Waals surface area contributed by atoms with Crippen LogP contribution in [0, 0.1) is 6.92 Å². The summed E-state index contributed by atoms with van der Waals surface area (Å²) < 4.78 is 6.73. The van der Waals surface area contributed by atoms with Crippen LogP contribution in [0.4, 0.5) is 10.5 Å². The van der Waals surface area contributed by atoms with Gasteiger partial charge in [0.05, 0.1) is 30.2 Å². The number of carbonyl (C=O) groups excluding carboxylic acids is 2. The lowest BCUT2D eigenvalue weighted by molar-refractivity contribution is -0.117. The molecule has 0 spiro atoms. The van der Waals surface area contributed by atoms with Gasteiger partial charge in [-0.2, -0.15) is 5.10 Å². The maximum Gasteiger partial charge on any atom is 0.410 e. The minimum Gasteiger partial charge on any atom is -0.447 e. The van der Waals surface area contributed by atoms with Crippen LogP contribution in [0.1, 0.15) is 5.69 Å². The van der Waals surface area contributed by atoms with Crippen molar-refractivity contribution >= 4 is 17.7 Å². The predicted octanol–water partition coefficient (Wildman–Crippen LogP) is -0.197. The van der Waals surface area contributed by atoms with Gasteiger partial charge in [0.15, 0.2) is 0 Å². The second-order valence-electron chi connectivity index (χ2n) is 5.47. The van der Waals surface area contributed by atoms with Gasteiger partial charge < -0.3 is 10.1 Å². The molecule has 1 N–H and O–H groups in total. The Morgan fingerprint density at radius 3 is 3.05 bits per heavy atom. The zero-order chi connectivity index (χ0) is 15.0. The van der Waals surface area contributed by atoms with E-state index in [0.29, 0.717) is 32.8 Å². The summed E-state index contributed by atoms with van der Waals surface area (Å²) in [5, 5.41) is 6.97. The van der Waals surface area contributed by atoms with E-state index in [9.17, 15) is 9.59 Å². The Hall–Kier alpha value is -2.09. The first-order valence-electron chi connectivity index (χ1n) is 6.99.